The number of nitro groups is 1. The third-order valence-electron chi connectivity index (χ3n) is 4.69. The fraction of sp³-hybridized carbons (Fsp3) is 0.400. The zero-order valence-electron chi connectivity index (χ0n) is 15.6. The molecule has 3 rings (SSSR count). The van der Waals surface area contributed by atoms with Crippen LogP contribution in [0, 0.1) is 10.1 Å². The second-order valence-corrected chi connectivity index (χ2v) is 6.94. The number of para-hydroxylation sites is 3. The lowest BCUT2D eigenvalue weighted by Gasteiger charge is -2.34. The van der Waals surface area contributed by atoms with E-state index >= 15 is 0 Å². The van der Waals surface area contributed by atoms with E-state index in [1.165, 1.54) is 6.07 Å². The maximum Gasteiger partial charge on any atom is 0.310 e. The summed E-state index contributed by atoms with van der Waals surface area (Å²) < 4.78 is 11.4. The molecule has 0 unspecified atom stereocenters. The molecule has 0 spiro atoms. The SMILES string of the molecule is O=[N+]([O-])c1ccccc1OCCN1CCN(CCOc2ccccc2Cl)CC1. The fourth-order valence-electron chi connectivity index (χ4n) is 3.10. The van der Waals surface area contributed by atoms with E-state index in [2.05, 4.69) is 9.80 Å². The van der Waals surface area contributed by atoms with Crippen LogP contribution in [0.4, 0.5) is 5.69 Å². The van der Waals surface area contributed by atoms with Gasteiger partial charge in [0, 0.05) is 45.3 Å². The average molecular weight is 406 g/mol. The van der Waals surface area contributed by atoms with Crippen LogP contribution in [0.5, 0.6) is 11.5 Å². The van der Waals surface area contributed by atoms with Crippen molar-refractivity contribution < 1.29 is 14.4 Å². The zero-order chi connectivity index (χ0) is 19.8. The van der Waals surface area contributed by atoms with Gasteiger partial charge in [0.2, 0.25) is 0 Å². The highest BCUT2D eigenvalue weighted by molar-refractivity contribution is 6.32. The van der Waals surface area contributed by atoms with Crippen LogP contribution in [-0.2, 0) is 0 Å². The van der Waals surface area contributed by atoms with Gasteiger partial charge in [0.1, 0.15) is 19.0 Å². The first-order valence-corrected chi connectivity index (χ1v) is 9.69. The van der Waals surface area contributed by atoms with E-state index in [1.807, 2.05) is 24.3 Å². The number of hydrogen-bond acceptors (Lipinski definition) is 6. The summed E-state index contributed by atoms with van der Waals surface area (Å²) in [5, 5.41) is 11.6. The topological polar surface area (TPSA) is 68.1 Å². The molecule has 28 heavy (non-hydrogen) atoms. The lowest BCUT2D eigenvalue weighted by Crippen LogP contribution is -2.48. The van der Waals surface area contributed by atoms with Crippen molar-refractivity contribution in [1.82, 2.24) is 9.80 Å². The number of benzene rings is 2. The third-order valence-corrected chi connectivity index (χ3v) is 5.01. The van der Waals surface area contributed by atoms with E-state index in [4.69, 9.17) is 21.1 Å². The van der Waals surface area contributed by atoms with Crippen molar-refractivity contribution in [2.45, 2.75) is 0 Å². The Bertz CT molecular complexity index is 782. The molecule has 1 heterocycles. The van der Waals surface area contributed by atoms with Crippen molar-refractivity contribution >= 4 is 17.3 Å². The van der Waals surface area contributed by atoms with E-state index in [0.717, 1.165) is 45.0 Å². The second-order valence-electron chi connectivity index (χ2n) is 6.54. The van der Waals surface area contributed by atoms with Crippen molar-refractivity contribution in [3.8, 4) is 11.5 Å². The van der Waals surface area contributed by atoms with Crippen LogP contribution in [-0.4, -0.2) is 67.2 Å². The van der Waals surface area contributed by atoms with E-state index in [0.29, 0.717) is 24.0 Å². The number of halogens is 1. The standard InChI is InChI=1S/C20H24ClN3O4/c21-17-5-1-3-7-19(17)27-15-13-22-9-11-23(12-10-22)14-16-28-20-8-4-2-6-18(20)24(25)26/h1-8H,9-16H2. The van der Waals surface area contributed by atoms with Gasteiger partial charge in [-0.05, 0) is 18.2 Å². The molecule has 0 aliphatic carbocycles. The van der Waals surface area contributed by atoms with Crippen LogP contribution in [0.25, 0.3) is 0 Å². The van der Waals surface area contributed by atoms with Crippen molar-refractivity contribution in [3.05, 3.63) is 63.7 Å². The molecule has 7 nitrogen and oxygen atoms in total. The van der Waals surface area contributed by atoms with Gasteiger partial charge >= 0.3 is 5.69 Å². The van der Waals surface area contributed by atoms with E-state index < -0.39 is 4.92 Å². The molecule has 0 aromatic heterocycles. The molecule has 0 bridgehead atoms. The fourth-order valence-corrected chi connectivity index (χ4v) is 3.29. The quantitative estimate of drug-likeness (QED) is 0.471. The van der Waals surface area contributed by atoms with E-state index in [-0.39, 0.29) is 5.69 Å². The van der Waals surface area contributed by atoms with Crippen LogP contribution in [0.3, 0.4) is 0 Å². The van der Waals surface area contributed by atoms with Crippen molar-refractivity contribution in [1.29, 1.82) is 0 Å². The molecule has 150 valence electrons. The predicted molar refractivity (Wildman–Crippen MR) is 108 cm³/mol. The van der Waals surface area contributed by atoms with Gasteiger partial charge in [-0.2, -0.15) is 0 Å². The minimum absolute atomic E-state index is 0.00541. The number of nitro benzene ring substituents is 1. The number of ether oxygens (including phenoxy) is 2. The van der Waals surface area contributed by atoms with Crippen molar-refractivity contribution in [2.24, 2.45) is 0 Å². The largest absolute Gasteiger partial charge is 0.491 e. The second kappa shape index (κ2) is 10.3. The van der Waals surface area contributed by atoms with Gasteiger partial charge in [-0.3, -0.25) is 19.9 Å². The summed E-state index contributed by atoms with van der Waals surface area (Å²) in [6.07, 6.45) is 0. The normalized spacial score (nSPS) is 15.3. The average Bonchev–Trinajstić information content (AvgIpc) is 2.71. The first-order valence-electron chi connectivity index (χ1n) is 9.32. The predicted octanol–water partition coefficient (Wildman–Crippen LogP) is 3.32. The summed E-state index contributed by atoms with van der Waals surface area (Å²) in [6, 6.07) is 14.0. The van der Waals surface area contributed by atoms with Crippen LogP contribution in [0.1, 0.15) is 0 Å². The molecule has 1 saturated heterocycles. The Kier molecular flexibility index (Phi) is 7.47. The van der Waals surface area contributed by atoms with Crippen LogP contribution in [0.15, 0.2) is 48.5 Å². The highest BCUT2D eigenvalue weighted by Crippen LogP contribution is 2.25. The number of rotatable bonds is 9. The maximum atomic E-state index is 11.0. The Hall–Kier alpha value is -2.35. The lowest BCUT2D eigenvalue weighted by atomic mass is 10.3. The van der Waals surface area contributed by atoms with Gasteiger partial charge < -0.3 is 9.47 Å². The van der Waals surface area contributed by atoms with Gasteiger partial charge in [0.05, 0.1) is 9.95 Å². The highest BCUT2D eigenvalue weighted by Gasteiger charge is 2.18. The lowest BCUT2D eigenvalue weighted by molar-refractivity contribution is -0.385. The molecule has 0 saturated carbocycles. The summed E-state index contributed by atoms with van der Waals surface area (Å²) in [6.45, 7) is 6.42. The monoisotopic (exact) mass is 405 g/mol. The Morgan fingerprint density at radius 2 is 1.36 bits per heavy atom. The van der Waals surface area contributed by atoms with Gasteiger partial charge in [-0.15, -0.1) is 0 Å². The maximum absolute atomic E-state index is 11.0. The van der Waals surface area contributed by atoms with Crippen molar-refractivity contribution in [3.63, 3.8) is 0 Å². The summed E-state index contributed by atoms with van der Waals surface area (Å²) in [5.41, 5.74) is 0.00541. The van der Waals surface area contributed by atoms with Crippen LogP contribution < -0.4 is 9.47 Å². The molecule has 8 heteroatoms. The Morgan fingerprint density at radius 3 is 1.93 bits per heavy atom. The van der Waals surface area contributed by atoms with Gasteiger partial charge in [-0.25, -0.2) is 0 Å². The number of hydrogen-bond donors (Lipinski definition) is 0. The Morgan fingerprint density at radius 1 is 0.857 bits per heavy atom. The third kappa shape index (κ3) is 5.82. The highest BCUT2D eigenvalue weighted by atomic mass is 35.5. The minimum Gasteiger partial charge on any atom is -0.491 e. The molecule has 0 N–H and O–H groups in total. The molecule has 1 fully saturated rings. The summed E-state index contributed by atoms with van der Waals surface area (Å²) in [5.74, 6) is 1.04. The number of piperazine rings is 1. The van der Waals surface area contributed by atoms with Gasteiger partial charge in [0.25, 0.3) is 0 Å². The number of nitrogens with zero attached hydrogens (tertiary/aromatic N) is 3. The van der Waals surface area contributed by atoms with Crippen LogP contribution >= 0.6 is 11.6 Å². The molecule has 0 amide bonds. The molecule has 0 atom stereocenters. The summed E-state index contributed by atoms with van der Waals surface area (Å²) in [4.78, 5) is 15.3. The van der Waals surface area contributed by atoms with Crippen LogP contribution in [0.2, 0.25) is 5.02 Å². The van der Waals surface area contributed by atoms with Gasteiger partial charge in [-0.1, -0.05) is 35.9 Å². The summed E-state index contributed by atoms with van der Waals surface area (Å²) in [7, 11) is 0. The van der Waals surface area contributed by atoms with E-state index in [9.17, 15) is 10.1 Å². The first-order chi connectivity index (χ1) is 13.6. The zero-order valence-corrected chi connectivity index (χ0v) is 16.4. The summed E-state index contributed by atoms with van der Waals surface area (Å²) >= 11 is 6.09. The molecule has 2 aromatic carbocycles. The minimum atomic E-state index is -0.418. The smallest absolute Gasteiger partial charge is 0.310 e. The molecular formula is C20H24ClN3O4. The molecule has 1 aliphatic heterocycles. The molecule has 1 aliphatic rings. The van der Waals surface area contributed by atoms with E-state index in [1.54, 1.807) is 18.2 Å². The first kappa shape index (κ1) is 20.4. The van der Waals surface area contributed by atoms with Crippen molar-refractivity contribution in [2.75, 3.05) is 52.5 Å². The van der Waals surface area contributed by atoms with Gasteiger partial charge in [0.15, 0.2) is 5.75 Å². The Labute approximate surface area is 169 Å². The molecular weight excluding hydrogens is 382 g/mol. The molecule has 0 radical (unpaired) electrons. The Balaban J connectivity index is 1.33. The molecule has 2 aromatic rings.